The highest BCUT2D eigenvalue weighted by Crippen LogP contribution is 2.60. The summed E-state index contributed by atoms with van der Waals surface area (Å²) in [6.07, 6.45) is 10.5. The number of imidazole rings is 1. The molecule has 5 rings (SSSR count). The molecule has 1 aromatic rings. The molecule has 0 spiro atoms. The van der Waals surface area contributed by atoms with Crippen molar-refractivity contribution < 1.29 is 9.53 Å². The summed E-state index contributed by atoms with van der Waals surface area (Å²) in [7, 11) is 1.60. The predicted octanol–water partition coefficient (Wildman–Crippen LogP) is 2.85. The van der Waals surface area contributed by atoms with Crippen LogP contribution in [0.15, 0.2) is 6.20 Å². The number of nitrogens with one attached hydrogen (secondary N) is 2. The lowest BCUT2D eigenvalue weighted by Crippen LogP contribution is -2.48. The maximum atomic E-state index is 11.8. The molecule has 0 saturated heterocycles. The fraction of sp³-hybridized carbons (Fsp3) is 0.765. The van der Waals surface area contributed by atoms with Gasteiger partial charge in [-0.05, 0) is 56.3 Å². The highest BCUT2D eigenvalue weighted by Gasteiger charge is 2.52. The molecule has 4 bridgehead atoms. The van der Waals surface area contributed by atoms with Crippen LogP contribution in [0, 0.1) is 17.8 Å². The minimum Gasteiger partial charge on any atom is -0.384 e. The molecule has 5 heteroatoms. The van der Waals surface area contributed by atoms with Crippen molar-refractivity contribution in [2.24, 2.45) is 17.8 Å². The van der Waals surface area contributed by atoms with Crippen molar-refractivity contribution in [3.8, 4) is 0 Å². The van der Waals surface area contributed by atoms with Crippen LogP contribution in [0.25, 0.3) is 0 Å². The van der Waals surface area contributed by atoms with Gasteiger partial charge >= 0.3 is 0 Å². The minimum atomic E-state index is -0.0479. The quantitative estimate of drug-likeness (QED) is 0.879. The smallest absolute Gasteiger partial charge is 0.228 e. The summed E-state index contributed by atoms with van der Waals surface area (Å²) >= 11 is 0. The highest BCUT2D eigenvalue weighted by molar-refractivity contribution is 5.89. The summed E-state index contributed by atoms with van der Waals surface area (Å²) in [5, 5.41) is 2.84. The summed E-state index contributed by atoms with van der Waals surface area (Å²) in [5.41, 5.74) is 1.55. The predicted molar refractivity (Wildman–Crippen MR) is 83.6 cm³/mol. The van der Waals surface area contributed by atoms with E-state index < -0.39 is 0 Å². The lowest BCUT2D eigenvalue weighted by atomic mass is 9.49. The summed E-state index contributed by atoms with van der Waals surface area (Å²) < 4.78 is 4.93. The number of nitrogens with zero attached hydrogens (tertiary/aromatic N) is 1. The van der Waals surface area contributed by atoms with Crippen molar-refractivity contribution >= 4 is 11.9 Å². The molecule has 22 heavy (non-hydrogen) atoms. The van der Waals surface area contributed by atoms with Gasteiger partial charge in [0.05, 0.1) is 19.2 Å². The summed E-state index contributed by atoms with van der Waals surface area (Å²) in [6.45, 7) is 0.439. The van der Waals surface area contributed by atoms with Crippen LogP contribution in [0.3, 0.4) is 0 Å². The number of carbonyl (C=O) groups excluding carboxylic acids is 1. The largest absolute Gasteiger partial charge is 0.384 e. The Labute approximate surface area is 131 Å². The van der Waals surface area contributed by atoms with Gasteiger partial charge in [-0.1, -0.05) is 0 Å². The van der Waals surface area contributed by atoms with Crippen LogP contribution in [0.5, 0.6) is 0 Å². The van der Waals surface area contributed by atoms with Crippen LogP contribution in [-0.4, -0.2) is 29.6 Å². The Kier molecular flexibility index (Phi) is 3.48. The number of hydrogen-bond acceptors (Lipinski definition) is 3. The van der Waals surface area contributed by atoms with E-state index in [0.717, 1.165) is 17.8 Å². The SMILES string of the molecule is COCCC(=O)Nc1ncc(C23CC4CC(CC(C4)C2)C3)[nH]1. The third-order valence-electron chi connectivity index (χ3n) is 5.98. The van der Waals surface area contributed by atoms with Crippen molar-refractivity contribution in [1.82, 2.24) is 9.97 Å². The number of aromatic nitrogens is 2. The zero-order valence-electron chi connectivity index (χ0n) is 13.2. The van der Waals surface area contributed by atoms with Crippen LogP contribution in [0.2, 0.25) is 0 Å². The molecule has 5 nitrogen and oxygen atoms in total. The standard InChI is InChI=1S/C17H25N3O2/c1-22-3-2-15(21)20-16-18-10-14(19-16)17-7-11-4-12(8-17)6-13(5-11)9-17/h10-13H,2-9H2,1H3,(H2,18,19,20,21). The summed E-state index contributed by atoms with van der Waals surface area (Å²) in [5.74, 6) is 3.28. The first-order chi connectivity index (χ1) is 10.7. The van der Waals surface area contributed by atoms with Crippen LogP contribution < -0.4 is 5.32 Å². The molecule has 1 amide bonds. The molecule has 120 valence electrons. The number of anilines is 1. The molecular weight excluding hydrogens is 278 g/mol. The van der Waals surface area contributed by atoms with Crippen molar-refractivity contribution in [3.63, 3.8) is 0 Å². The van der Waals surface area contributed by atoms with Crippen molar-refractivity contribution in [3.05, 3.63) is 11.9 Å². The van der Waals surface area contributed by atoms with E-state index in [-0.39, 0.29) is 5.91 Å². The molecular formula is C17H25N3O2. The Morgan fingerprint density at radius 2 is 1.95 bits per heavy atom. The Morgan fingerprint density at radius 3 is 2.55 bits per heavy atom. The van der Waals surface area contributed by atoms with Crippen molar-refractivity contribution in [2.75, 3.05) is 19.0 Å². The topological polar surface area (TPSA) is 67.0 Å². The van der Waals surface area contributed by atoms with Gasteiger partial charge in [0.25, 0.3) is 0 Å². The highest BCUT2D eigenvalue weighted by atomic mass is 16.5. The van der Waals surface area contributed by atoms with E-state index in [9.17, 15) is 4.79 Å². The fourth-order valence-electron chi connectivity index (χ4n) is 5.48. The molecule has 1 aromatic heterocycles. The average Bonchev–Trinajstić information content (AvgIpc) is 2.93. The second-order valence-corrected chi connectivity index (χ2v) is 7.63. The Bertz CT molecular complexity index is 531. The van der Waals surface area contributed by atoms with Gasteiger partial charge in [-0.3, -0.25) is 10.1 Å². The second-order valence-electron chi connectivity index (χ2n) is 7.63. The van der Waals surface area contributed by atoms with Gasteiger partial charge < -0.3 is 9.72 Å². The van der Waals surface area contributed by atoms with Crippen molar-refractivity contribution in [2.45, 2.75) is 50.4 Å². The van der Waals surface area contributed by atoms with E-state index >= 15 is 0 Å². The molecule has 4 aliphatic carbocycles. The molecule has 0 radical (unpaired) electrons. The van der Waals surface area contributed by atoms with Gasteiger partial charge in [-0.15, -0.1) is 0 Å². The molecule has 0 aromatic carbocycles. The number of aromatic amines is 1. The minimum absolute atomic E-state index is 0.0479. The molecule has 4 saturated carbocycles. The van der Waals surface area contributed by atoms with E-state index in [1.807, 2.05) is 6.20 Å². The number of hydrogen-bond donors (Lipinski definition) is 2. The van der Waals surface area contributed by atoms with E-state index in [2.05, 4.69) is 15.3 Å². The van der Waals surface area contributed by atoms with Crippen LogP contribution in [-0.2, 0) is 14.9 Å². The second kappa shape index (κ2) is 5.37. The number of ether oxygens (including phenoxy) is 1. The summed E-state index contributed by atoms with van der Waals surface area (Å²) in [6, 6.07) is 0. The van der Waals surface area contributed by atoms with E-state index in [1.54, 1.807) is 7.11 Å². The molecule has 4 fully saturated rings. The maximum absolute atomic E-state index is 11.8. The van der Waals surface area contributed by atoms with Gasteiger partial charge in [0.15, 0.2) is 0 Å². The van der Waals surface area contributed by atoms with Gasteiger partial charge in [-0.25, -0.2) is 4.98 Å². The molecule has 1 heterocycles. The number of amides is 1. The van der Waals surface area contributed by atoms with E-state index in [1.165, 1.54) is 44.2 Å². The lowest BCUT2D eigenvalue weighted by molar-refractivity contribution is -0.117. The van der Waals surface area contributed by atoms with E-state index in [0.29, 0.717) is 24.4 Å². The summed E-state index contributed by atoms with van der Waals surface area (Å²) in [4.78, 5) is 19.6. The van der Waals surface area contributed by atoms with Gasteiger partial charge in [0.2, 0.25) is 11.9 Å². The Balaban J connectivity index is 1.48. The molecule has 0 atom stereocenters. The van der Waals surface area contributed by atoms with Crippen molar-refractivity contribution in [1.29, 1.82) is 0 Å². The number of carbonyl (C=O) groups is 1. The van der Waals surface area contributed by atoms with E-state index in [4.69, 9.17) is 4.74 Å². The van der Waals surface area contributed by atoms with Gasteiger partial charge in [-0.2, -0.15) is 0 Å². The first kappa shape index (κ1) is 14.2. The third kappa shape index (κ3) is 2.45. The molecule has 2 N–H and O–H groups in total. The van der Waals surface area contributed by atoms with Crippen LogP contribution >= 0.6 is 0 Å². The number of H-pyrrole nitrogens is 1. The zero-order chi connectivity index (χ0) is 15.2. The lowest BCUT2D eigenvalue weighted by Gasteiger charge is -2.56. The fourth-order valence-corrected chi connectivity index (χ4v) is 5.48. The number of methoxy groups -OCH3 is 1. The first-order valence-corrected chi connectivity index (χ1v) is 8.51. The third-order valence-corrected chi connectivity index (χ3v) is 5.98. The Hall–Kier alpha value is -1.36. The zero-order valence-corrected chi connectivity index (χ0v) is 13.2. The van der Waals surface area contributed by atoms with Crippen LogP contribution in [0.4, 0.5) is 5.95 Å². The maximum Gasteiger partial charge on any atom is 0.228 e. The molecule has 0 aliphatic heterocycles. The normalized spacial score (nSPS) is 35.8. The molecule has 4 aliphatic rings. The average molecular weight is 303 g/mol. The first-order valence-electron chi connectivity index (χ1n) is 8.51. The van der Waals surface area contributed by atoms with Crippen LogP contribution in [0.1, 0.15) is 50.6 Å². The number of rotatable bonds is 5. The Morgan fingerprint density at radius 1 is 1.32 bits per heavy atom. The monoisotopic (exact) mass is 303 g/mol. The molecule has 0 unspecified atom stereocenters. The van der Waals surface area contributed by atoms with Gasteiger partial charge in [0.1, 0.15) is 0 Å². The van der Waals surface area contributed by atoms with Gasteiger partial charge in [0, 0.05) is 18.2 Å².